The Bertz CT molecular complexity index is 1440. The van der Waals surface area contributed by atoms with Crippen LogP contribution in [0.25, 0.3) is 41.1 Å². The lowest BCUT2D eigenvalue weighted by Gasteiger charge is -2.06. The van der Waals surface area contributed by atoms with Crippen molar-refractivity contribution in [1.29, 1.82) is 0 Å². The number of rotatable bonds is 2. The number of thiophene rings is 2. The summed E-state index contributed by atoms with van der Waals surface area (Å²) in [6.45, 7) is 0. The van der Waals surface area contributed by atoms with Crippen molar-refractivity contribution in [2.75, 3.05) is 0 Å². The first-order valence-corrected chi connectivity index (χ1v) is 10.6. The molecule has 0 aliphatic heterocycles. The minimum absolute atomic E-state index is 0.263. The molecular formula is C22H4F10S2. The molecule has 12 heteroatoms. The van der Waals surface area contributed by atoms with E-state index in [1.807, 2.05) is 0 Å². The molecule has 0 aliphatic rings. The Kier molecular flexibility index (Phi) is 5.13. The lowest BCUT2D eigenvalue weighted by atomic mass is 10.1. The van der Waals surface area contributed by atoms with Gasteiger partial charge in [-0.2, -0.15) is 0 Å². The molecule has 5 rings (SSSR count). The van der Waals surface area contributed by atoms with Crippen LogP contribution in [0.2, 0.25) is 0 Å². The van der Waals surface area contributed by atoms with Crippen molar-refractivity contribution in [3.05, 3.63) is 82.4 Å². The van der Waals surface area contributed by atoms with Crippen LogP contribution in [-0.2, 0) is 0 Å². The normalized spacial score (nSPS) is 11.8. The highest BCUT2D eigenvalue weighted by atomic mass is 32.1. The van der Waals surface area contributed by atoms with Crippen LogP contribution < -0.4 is 0 Å². The fourth-order valence-electron chi connectivity index (χ4n) is 3.46. The van der Waals surface area contributed by atoms with E-state index in [0.717, 1.165) is 12.1 Å². The van der Waals surface area contributed by atoms with E-state index in [9.17, 15) is 43.9 Å². The van der Waals surface area contributed by atoms with Gasteiger partial charge in [-0.25, -0.2) is 43.9 Å². The van der Waals surface area contributed by atoms with Crippen molar-refractivity contribution in [2.45, 2.75) is 0 Å². The summed E-state index contributed by atoms with van der Waals surface area (Å²) in [7, 11) is 0. The van der Waals surface area contributed by atoms with E-state index in [2.05, 4.69) is 0 Å². The zero-order valence-electron chi connectivity index (χ0n) is 15.9. The molecule has 34 heavy (non-hydrogen) atoms. The first-order chi connectivity index (χ1) is 16.0. The lowest BCUT2D eigenvalue weighted by molar-refractivity contribution is 0.381. The molecule has 0 amide bonds. The zero-order valence-corrected chi connectivity index (χ0v) is 17.5. The predicted octanol–water partition coefficient (Wildman–Crippen LogP) is 8.84. The van der Waals surface area contributed by atoms with Gasteiger partial charge in [0.05, 0.1) is 11.1 Å². The first kappa shape index (κ1) is 22.7. The molecule has 0 fully saturated rings. The van der Waals surface area contributed by atoms with E-state index in [-0.39, 0.29) is 9.75 Å². The van der Waals surface area contributed by atoms with Crippen LogP contribution in [0.15, 0.2) is 24.3 Å². The molecule has 5 aromatic rings. The van der Waals surface area contributed by atoms with E-state index in [0.29, 0.717) is 42.8 Å². The van der Waals surface area contributed by atoms with E-state index < -0.39 is 69.3 Å². The van der Waals surface area contributed by atoms with Gasteiger partial charge in [0.15, 0.2) is 46.5 Å². The van der Waals surface area contributed by atoms with Crippen LogP contribution in [0.4, 0.5) is 43.9 Å². The molecule has 174 valence electrons. The molecule has 3 aromatic carbocycles. The summed E-state index contributed by atoms with van der Waals surface area (Å²) in [5, 5.41) is 0.588. The van der Waals surface area contributed by atoms with Gasteiger partial charge in [-0.3, -0.25) is 0 Å². The van der Waals surface area contributed by atoms with Crippen LogP contribution in [0.3, 0.4) is 0 Å². The third-order valence-electron chi connectivity index (χ3n) is 5.07. The summed E-state index contributed by atoms with van der Waals surface area (Å²) in [5.41, 5.74) is -2.22. The summed E-state index contributed by atoms with van der Waals surface area (Å²) in [5.74, 6) is -21.0. The minimum Gasteiger partial charge on any atom is -0.203 e. The smallest absolute Gasteiger partial charge is 0.200 e. The molecule has 0 unspecified atom stereocenters. The van der Waals surface area contributed by atoms with Crippen molar-refractivity contribution in [3.63, 3.8) is 0 Å². The molecular weight excluding hydrogens is 518 g/mol. The van der Waals surface area contributed by atoms with Gasteiger partial charge >= 0.3 is 0 Å². The van der Waals surface area contributed by atoms with Gasteiger partial charge in [-0.15, -0.1) is 22.7 Å². The third kappa shape index (κ3) is 3.12. The van der Waals surface area contributed by atoms with Gasteiger partial charge < -0.3 is 0 Å². The highest BCUT2D eigenvalue weighted by Gasteiger charge is 2.29. The molecule has 0 saturated carbocycles. The van der Waals surface area contributed by atoms with Crippen LogP contribution in [-0.4, -0.2) is 0 Å². The quantitative estimate of drug-likeness (QED) is 0.123. The number of hydrogen-bond acceptors (Lipinski definition) is 2. The molecule has 2 heterocycles. The lowest BCUT2D eigenvalue weighted by Crippen LogP contribution is -2.03. The van der Waals surface area contributed by atoms with E-state index in [1.165, 1.54) is 12.1 Å². The van der Waals surface area contributed by atoms with Crippen LogP contribution in [0, 0.1) is 58.2 Å². The molecule has 0 saturated heterocycles. The topological polar surface area (TPSA) is 0 Å². The van der Waals surface area contributed by atoms with Crippen LogP contribution in [0.1, 0.15) is 0 Å². The molecule has 0 spiro atoms. The van der Waals surface area contributed by atoms with Gasteiger partial charge in [0.2, 0.25) is 11.6 Å². The number of halogens is 10. The fraction of sp³-hybridized carbons (Fsp3) is 0. The number of benzene rings is 3. The zero-order chi connectivity index (χ0) is 24.6. The second kappa shape index (κ2) is 7.70. The van der Waals surface area contributed by atoms with Gasteiger partial charge in [0, 0.05) is 19.2 Å². The fourth-order valence-corrected chi connectivity index (χ4v) is 5.71. The Morgan fingerprint density at radius 2 is 0.618 bits per heavy atom. The summed E-state index contributed by atoms with van der Waals surface area (Å²) in [6.07, 6.45) is 0. The van der Waals surface area contributed by atoms with Gasteiger partial charge in [0.25, 0.3) is 0 Å². The second-order valence-electron chi connectivity index (χ2n) is 7.04. The van der Waals surface area contributed by atoms with Gasteiger partial charge in [-0.05, 0) is 35.0 Å². The highest BCUT2D eigenvalue weighted by Crippen LogP contribution is 2.43. The molecule has 0 aliphatic carbocycles. The van der Waals surface area contributed by atoms with Crippen LogP contribution >= 0.6 is 22.7 Å². The predicted molar refractivity (Wildman–Crippen MR) is 108 cm³/mol. The molecule has 0 nitrogen and oxygen atoms in total. The Labute approximate surface area is 190 Å². The Hall–Kier alpha value is -3.12. The monoisotopic (exact) mass is 522 g/mol. The highest BCUT2D eigenvalue weighted by molar-refractivity contribution is 7.23. The summed E-state index contributed by atoms with van der Waals surface area (Å²) < 4.78 is 138. The average Bonchev–Trinajstić information content (AvgIpc) is 3.40. The van der Waals surface area contributed by atoms with E-state index >= 15 is 0 Å². The first-order valence-electron chi connectivity index (χ1n) is 9.02. The van der Waals surface area contributed by atoms with Crippen molar-refractivity contribution >= 4 is 42.8 Å². The van der Waals surface area contributed by atoms with Crippen LogP contribution in [0.5, 0.6) is 0 Å². The molecule has 0 N–H and O–H groups in total. The average molecular weight is 522 g/mol. The van der Waals surface area contributed by atoms with Crippen molar-refractivity contribution in [2.24, 2.45) is 0 Å². The second-order valence-corrected chi connectivity index (χ2v) is 9.21. The summed E-state index contributed by atoms with van der Waals surface area (Å²) in [6, 6.07) is 5.12. The standard InChI is InChI=1S/C22H4F10S2/c23-13-11(14(24)18(28)21(31)17(13)27)9-3-5-1-7-6(2-8(5)34-9)4-10(33-7)12-15(25)19(29)22(32)20(30)16(12)26/h1-4H. The van der Waals surface area contributed by atoms with Crippen molar-refractivity contribution in [3.8, 4) is 20.9 Å². The minimum atomic E-state index is -2.29. The largest absolute Gasteiger partial charge is 0.203 e. The molecule has 0 radical (unpaired) electrons. The van der Waals surface area contributed by atoms with E-state index in [1.54, 1.807) is 0 Å². The Morgan fingerprint density at radius 1 is 0.353 bits per heavy atom. The summed E-state index contributed by atoms with van der Waals surface area (Å²) >= 11 is 1.37. The van der Waals surface area contributed by atoms with Crippen molar-refractivity contribution in [1.82, 2.24) is 0 Å². The maximum Gasteiger partial charge on any atom is 0.200 e. The molecule has 2 aromatic heterocycles. The number of hydrogen-bond donors (Lipinski definition) is 0. The molecule has 0 atom stereocenters. The SMILES string of the molecule is Fc1c(F)c(F)c(-c2cc3cc4sc(-c5c(F)c(F)c(F)c(F)c5F)cc4cc3s2)c(F)c1F. The Morgan fingerprint density at radius 3 is 0.912 bits per heavy atom. The van der Waals surface area contributed by atoms with E-state index in [4.69, 9.17) is 0 Å². The molecule has 0 bridgehead atoms. The maximum atomic E-state index is 14.2. The van der Waals surface area contributed by atoms with Gasteiger partial charge in [-0.1, -0.05) is 0 Å². The number of fused-ring (bicyclic) bond motifs is 2. The van der Waals surface area contributed by atoms with Gasteiger partial charge in [0.1, 0.15) is 0 Å². The Balaban J connectivity index is 1.68. The van der Waals surface area contributed by atoms with Crippen molar-refractivity contribution < 1.29 is 43.9 Å². The third-order valence-corrected chi connectivity index (χ3v) is 7.30. The summed E-state index contributed by atoms with van der Waals surface area (Å²) in [4.78, 5) is -0.527. The maximum absolute atomic E-state index is 14.2.